The minimum absolute atomic E-state index is 0.00721. The van der Waals surface area contributed by atoms with E-state index in [1.807, 2.05) is 0 Å². The predicted molar refractivity (Wildman–Crippen MR) is 94.6 cm³/mol. The Balaban J connectivity index is 1.79. The standard InChI is InChI=1S/C19H22FNO4S/c20-15-8-10-16(11-9-15)26(23,24)18(17-7-4-12-25-17)13-21-19(22)14-5-2-1-3-6-14/h4,7-12,14,18H,1-3,5-6,13H2,(H,21,22)/t18-/m1/s1. The topological polar surface area (TPSA) is 76.4 Å². The number of carbonyl (C=O) groups excluding carboxylic acids is 1. The second-order valence-electron chi connectivity index (χ2n) is 6.58. The highest BCUT2D eigenvalue weighted by Gasteiger charge is 2.32. The summed E-state index contributed by atoms with van der Waals surface area (Å²) < 4.78 is 44.4. The quantitative estimate of drug-likeness (QED) is 0.778. The molecule has 1 aromatic heterocycles. The molecule has 0 saturated heterocycles. The SMILES string of the molecule is O=C(NC[C@H](c1ccco1)S(=O)(=O)c1ccc(F)cc1)C1CCCCC1. The number of furan rings is 1. The molecule has 0 spiro atoms. The average molecular weight is 379 g/mol. The monoisotopic (exact) mass is 379 g/mol. The van der Waals surface area contributed by atoms with Crippen LogP contribution in [-0.4, -0.2) is 20.9 Å². The molecule has 1 N–H and O–H groups in total. The summed E-state index contributed by atoms with van der Waals surface area (Å²) in [6, 6.07) is 7.83. The van der Waals surface area contributed by atoms with Crippen LogP contribution in [0.5, 0.6) is 0 Å². The van der Waals surface area contributed by atoms with Crippen molar-refractivity contribution in [2.75, 3.05) is 6.54 Å². The number of hydrogen-bond donors (Lipinski definition) is 1. The summed E-state index contributed by atoms with van der Waals surface area (Å²) in [5.41, 5.74) is 0. The van der Waals surface area contributed by atoms with Crippen LogP contribution in [0.25, 0.3) is 0 Å². The number of hydrogen-bond acceptors (Lipinski definition) is 4. The van der Waals surface area contributed by atoms with Crippen LogP contribution in [0.1, 0.15) is 43.1 Å². The lowest BCUT2D eigenvalue weighted by Gasteiger charge is -2.22. The molecule has 0 bridgehead atoms. The van der Waals surface area contributed by atoms with Crippen molar-refractivity contribution >= 4 is 15.7 Å². The van der Waals surface area contributed by atoms with Gasteiger partial charge in [-0.05, 0) is 49.2 Å². The molecule has 7 heteroatoms. The van der Waals surface area contributed by atoms with E-state index in [9.17, 15) is 17.6 Å². The Morgan fingerprint density at radius 3 is 2.46 bits per heavy atom. The van der Waals surface area contributed by atoms with Crippen molar-refractivity contribution in [1.29, 1.82) is 0 Å². The molecular formula is C19H22FNO4S. The maximum absolute atomic E-state index is 13.1. The fourth-order valence-electron chi connectivity index (χ4n) is 3.33. The van der Waals surface area contributed by atoms with Crippen LogP contribution in [0.2, 0.25) is 0 Å². The number of sulfone groups is 1. The van der Waals surface area contributed by atoms with E-state index >= 15 is 0 Å². The van der Waals surface area contributed by atoms with Gasteiger partial charge in [0.25, 0.3) is 0 Å². The Kier molecular flexibility index (Phi) is 5.76. The molecule has 1 atom stereocenters. The smallest absolute Gasteiger partial charge is 0.223 e. The maximum atomic E-state index is 13.1. The molecule has 26 heavy (non-hydrogen) atoms. The highest BCUT2D eigenvalue weighted by Crippen LogP contribution is 2.30. The van der Waals surface area contributed by atoms with Gasteiger partial charge in [-0.1, -0.05) is 19.3 Å². The zero-order valence-electron chi connectivity index (χ0n) is 14.4. The van der Waals surface area contributed by atoms with E-state index in [-0.39, 0.29) is 29.0 Å². The van der Waals surface area contributed by atoms with Crippen molar-refractivity contribution < 1.29 is 22.0 Å². The van der Waals surface area contributed by atoms with E-state index in [1.165, 1.54) is 18.4 Å². The van der Waals surface area contributed by atoms with Gasteiger partial charge in [0, 0.05) is 12.5 Å². The maximum Gasteiger partial charge on any atom is 0.223 e. The number of amides is 1. The van der Waals surface area contributed by atoms with Crippen LogP contribution in [0.15, 0.2) is 52.0 Å². The normalized spacial score (nSPS) is 17.0. The van der Waals surface area contributed by atoms with Gasteiger partial charge in [-0.3, -0.25) is 4.79 Å². The van der Waals surface area contributed by atoms with E-state index < -0.39 is 20.9 Å². The van der Waals surface area contributed by atoms with Crippen LogP contribution in [0.4, 0.5) is 4.39 Å². The van der Waals surface area contributed by atoms with Crippen LogP contribution < -0.4 is 5.32 Å². The van der Waals surface area contributed by atoms with E-state index in [0.717, 1.165) is 44.2 Å². The van der Waals surface area contributed by atoms with Crippen LogP contribution in [-0.2, 0) is 14.6 Å². The van der Waals surface area contributed by atoms with Gasteiger partial charge in [-0.15, -0.1) is 0 Å². The first-order valence-corrected chi connectivity index (χ1v) is 10.3. The molecule has 1 aliphatic carbocycles. The zero-order valence-corrected chi connectivity index (χ0v) is 15.2. The molecule has 3 rings (SSSR count). The van der Waals surface area contributed by atoms with E-state index in [1.54, 1.807) is 12.1 Å². The van der Waals surface area contributed by atoms with Gasteiger partial charge in [0.2, 0.25) is 5.91 Å². The fourth-order valence-corrected chi connectivity index (χ4v) is 4.92. The number of benzene rings is 1. The van der Waals surface area contributed by atoms with Crippen LogP contribution >= 0.6 is 0 Å². The lowest BCUT2D eigenvalue weighted by Crippen LogP contribution is -2.36. The molecule has 1 amide bonds. The average Bonchev–Trinajstić information content (AvgIpc) is 3.17. The third-order valence-corrected chi connectivity index (χ3v) is 6.89. The van der Waals surface area contributed by atoms with E-state index in [4.69, 9.17) is 4.42 Å². The molecule has 0 aliphatic heterocycles. The zero-order chi connectivity index (χ0) is 18.6. The second kappa shape index (κ2) is 8.03. The van der Waals surface area contributed by atoms with Gasteiger partial charge in [-0.2, -0.15) is 0 Å². The van der Waals surface area contributed by atoms with Crippen molar-refractivity contribution in [3.8, 4) is 0 Å². The largest absolute Gasteiger partial charge is 0.468 e. The summed E-state index contributed by atoms with van der Waals surface area (Å²) in [5, 5.41) is 1.72. The van der Waals surface area contributed by atoms with Crippen molar-refractivity contribution in [3.05, 3.63) is 54.2 Å². The summed E-state index contributed by atoms with van der Waals surface area (Å²) >= 11 is 0. The molecule has 140 valence electrons. The van der Waals surface area contributed by atoms with Crippen molar-refractivity contribution in [2.45, 2.75) is 42.2 Å². The summed E-state index contributed by atoms with van der Waals surface area (Å²) in [5.74, 6) is -0.438. The number of carbonyl (C=O) groups is 1. The number of rotatable bonds is 6. The van der Waals surface area contributed by atoms with Gasteiger partial charge in [0.15, 0.2) is 9.84 Å². The molecule has 1 aromatic carbocycles. The Morgan fingerprint density at radius 2 is 1.85 bits per heavy atom. The molecule has 1 heterocycles. The third kappa shape index (κ3) is 4.15. The Bertz CT molecular complexity index is 825. The van der Waals surface area contributed by atoms with Crippen LogP contribution in [0.3, 0.4) is 0 Å². The molecule has 1 saturated carbocycles. The van der Waals surface area contributed by atoms with Gasteiger partial charge < -0.3 is 9.73 Å². The Morgan fingerprint density at radius 1 is 1.15 bits per heavy atom. The summed E-state index contributed by atoms with van der Waals surface area (Å²) in [6.07, 6.45) is 6.24. The molecular weight excluding hydrogens is 357 g/mol. The van der Waals surface area contributed by atoms with Crippen molar-refractivity contribution in [2.24, 2.45) is 5.92 Å². The van der Waals surface area contributed by atoms with Crippen LogP contribution in [0, 0.1) is 11.7 Å². The molecule has 0 radical (unpaired) electrons. The Labute approximate surface area is 152 Å². The van der Waals surface area contributed by atoms with Gasteiger partial charge in [0.1, 0.15) is 16.8 Å². The third-order valence-electron chi connectivity index (χ3n) is 4.81. The van der Waals surface area contributed by atoms with Gasteiger partial charge in [0.05, 0.1) is 11.2 Å². The molecule has 2 aromatic rings. The van der Waals surface area contributed by atoms with Gasteiger partial charge >= 0.3 is 0 Å². The van der Waals surface area contributed by atoms with Crippen molar-refractivity contribution in [1.82, 2.24) is 5.32 Å². The second-order valence-corrected chi connectivity index (χ2v) is 8.71. The molecule has 1 fully saturated rings. The minimum Gasteiger partial charge on any atom is -0.468 e. The first-order valence-electron chi connectivity index (χ1n) is 8.79. The Hall–Kier alpha value is -2.15. The van der Waals surface area contributed by atoms with E-state index in [0.29, 0.717) is 0 Å². The van der Waals surface area contributed by atoms with Gasteiger partial charge in [-0.25, -0.2) is 12.8 Å². The predicted octanol–water partition coefficient (Wildman–Crippen LogP) is 3.63. The van der Waals surface area contributed by atoms with E-state index in [2.05, 4.69) is 5.32 Å². The van der Waals surface area contributed by atoms with Crippen molar-refractivity contribution in [3.63, 3.8) is 0 Å². The summed E-state index contributed by atoms with van der Waals surface area (Å²) in [6.45, 7) is -0.0808. The number of halogens is 1. The lowest BCUT2D eigenvalue weighted by atomic mass is 9.89. The molecule has 5 nitrogen and oxygen atoms in total. The number of nitrogens with one attached hydrogen (secondary N) is 1. The highest BCUT2D eigenvalue weighted by molar-refractivity contribution is 7.91. The highest BCUT2D eigenvalue weighted by atomic mass is 32.2. The molecule has 1 aliphatic rings. The summed E-state index contributed by atoms with van der Waals surface area (Å²) in [7, 11) is -3.84. The molecule has 0 unspecified atom stereocenters. The minimum atomic E-state index is -3.84. The lowest BCUT2D eigenvalue weighted by molar-refractivity contribution is -0.125. The first kappa shape index (κ1) is 18.6. The first-order chi connectivity index (χ1) is 12.5. The fraction of sp³-hybridized carbons (Fsp3) is 0.421. The summed E-state index contributed by atoms with van der Waals surface area (Å²) in [4.78, 5) is 12.4.